The number of nitro groups is 1. The molecule has 2 aromatic rings. The summed E-state index contributed by atoms with van der Waals surface area (Å²) in [6, 6.07) is 7.50. The zero-order valence-corrected chi connectivity index (χ0v) is 13.9. The molecule has 0 saturated carbocycles. The number of carbonyl (C=O) groups is 2. The summed E-state index contributed by atoms with van der Waals surface area (Å²) in [5.41, 5.74) is 0.292. The maximum Gasteiger partial charge on any atom is 0.310 e. The number of para-hydroxylation sites is 2. The van der Waals surface area contributed by atoms with E-state index in [0.29, 0.717) is 31.7 Å². The van der Waals surface area contributed by atoms with E-state index in [2.05, 4.69) is 0 Å². The molecular formula is C17H17N3O6. The van der Waals surface area contributed by atoms with E-state index in [9.17, 15) is 19.7 Å². The van der Waals surface area contributed by atoms with Gasteiger partial charge in [-0.2, -0.15) is 0 Å². The van der Waals surface area contributed by atoms with Crippen LogP contribution >= 0.6 is 0 Å². The molecule has 1 aromatic heterocycles. The quantitative estimate of drug-likeness (QED) is 0.592. The Balaban J connectivity index is 1.51. The molecule has 1 aromatic carbocycles. The van der Waals surface area contributed by atoms with Crippen molar-refractivity contribution in [3.63, 3.8) is 0 Å². The molecule has 3 rings (SSSR count). The fourth-order valence-electron chi connectivity index (χ4n) is 2.69. The van der Waals surface area contributed by atoms with Crippen LogP contribution in [0.5, 0.6) is 5.75 Å². The van der Waals surface area contributed by atoms with Gasteiger partial charge in [0, 0.05) is 32.2 Å². The second-order valence-corrected chi connectivity index (χ2v) is 5.70. The highest BCUT2D eigenvalue weighted by Crippen LogP contribution is 2.25. The third-order valence-corrected chi connectivity index (χ3v) is 4.10. The minimum atomic E-state index is -0.555. The molecular weight excluding hydrogens is 342 g/mol. The number of nitrogens with zero attached hydrogens (tertiary/aromatic N) is 3. The summed E-state index contributed by atoms with van der Waals surface area (Å²) in [6.07, 6.45) is 2.83. The van der Waals surface area contributed by atoms with Gasteiger partial charge < -0.3 is 19.0 Å². The zero-order valence-electron chi connectivity index (χ0n) is 13.9. The van der Waals surface area contributed by atoms with Gasteiger partial charge >= 0.3 is 5.69 Å². The van der Waals surface area contributed by atoms with Crippen molar-refractivity contribution in [1.82, 2.24) is 9.80 Å². The first-order chi connectivity index (χ1) is 12.6. The molecule has 26 heavy (non-hydrogen) atoms. The molecule has 9 heteroatoms. The Morgan fingerprint density at radius 1 is 1.12 bits per heavy atom. The molecule has 0 unspecified atom stereocenters. The SMILES string of the molecule is O=C(COc1ccccc1[N+](=O)[O-])N1CCN(C(=O)c2ccoc2)CC1. The van der Waals surface area contributed by atoms with Crippen molar-refractivity contribution in [3.05, 3.63) is 58.5 Å². The molecule has 0 radical (unpaired) electrons. The van der Waals surface area contributed by atoms with E-state index in [4.69, 9.17) is 9.15 Å². The normalized spacial score (nSPS) is 14.2. The molecule has 1 aliphatic rings. The molecule has 2 heterocycles. The van der Waals surface area contributed by atoms with Crippen molar-refractivity contribution in [3.8, 4) is 5.75 Å². The van der Waals surface area contributed by atoms with Crippen molar-refractivity contribution in [2.45, 2.75) is 0 Å². The van der Waals surface area contributed by atoms with E-state index in [-0.39, 0.29) is 29.9 Å². The predicted molar refractivity (Wildman–Crippen MR) is 89.8 cm³/mol. The van der Waals surface area contributed by atoms with Gasteiger partial charge in [-0.05, 0) is 12.1 Å². The molecule has 9 nitrogen and oxygen atoms in total. The Morgan fingerprint density at radius 3 is 2.46 bits per heavy atom. The number of piperazine rings is 1. The minimum Gasteiger partial charge on any atom is -0.477 e. The molecule has 136 valence electrons. The number of hydrogen-bond donors (Lipinski definition) is 0. The molecule has 0 spiro atoms. The lowest BCUT2D eigenvalue weighted by molar-refractivity contribution is -0.385. The molecule has 0 aliphatic carbocycles. The molecule has 0 N–H and O–H groups in total. The molecule has 0 bridgehead atoms. The highest BCUT2D eigenvalue weighted by Gasteiger charge is 2.26. The number of amides is 2. The highest BCUT2D eigenvalue weighted by atomic mass is 16.6. The lowest BCUT2D eigenvalue weighted by Crippen LogP contribution is -2.51. The first-order valence-corrected chi connectivity index (χ1v) is 8.01. The van der Waals surface area contributed by atoms with Crippen LogP contribution in [-0.4, -0.2) is 59.3 Å². The number of carbonyl (C=O) groups excluding carboxylic acids is 2. The molecule has 1 saturated heterocycles. The minimum absolute atomic E-state index is 0.0552. The number of ether oxygens (including phenoxy) is 1. The Kier molecular flexibility index (Phi) is 5.16. The number of furan rings is 1. The number of nitro benzene ring substituents is 1. The lowest BCUT2D eigenvalue weighted by Gasteiger charge is -2.34. The topological polar surface area (TPSA) is 106 Å². The average Bonchev–Trinajstić information content (AvgIpc) is 3.20. The summed E-state index contributed by atoms with van der Waals surface area (Å²) < 4.78 is 10.2. The standard InChI is InChI=1S/C17H17N3O6/c21-16(12-26-15-4-2-1-3-14(15)20(23)24)18-6-8-19(9-7-18)17(22)13-5-10-25-11-13/h1-5,10-11H,6-9,12H2. The Morgan fingerprint density at radius 2 is 1.81 bits per heavy atom. The maximum absolute atomic E-state index is 12.3. The maximum atomic E-state index is 12.3. The van der Waals surface area contributed by atoms with Gasteiger partial charge in [0.2, 0.25) is 0 Å². The van der Waals surface area contributed by atoms with E-state index in [1.165, 1.54) is 30.7 Å². The van der Waals surface area contributed by atoms with Crippen LogP contribution in [0.1, 0.15) is 10.4 Å². The van der Waals surface area contributed by atoms with Crippen LogP contribution in [-0.2, 0) is 4.79 Å². The van der Waals surface area contributed by atoms with Gasteiger partial charge in [-0.1, -0.05) is 12.1 Å². The molecule has 1 fully saturated rings. The predicted octanol–water partition coefficient (Wildman–Crippen LogP) is 1.55. The fourth-order valence-corrected chi connectivity index (χ4v) is 2.69. The van der Waals surface area contributed by atoms with Gasteiger partial charge in [0.25, 0.3) is 11.8 Å². The molecule has 2 amide bonds. The Hall–Kier alpha value is -3.36. The first-order valence-electron chi connectivity index (χ1n) is 8.01. The van der Waals surface area contributed by atoms with Crippen LogP contribution in [0.2, 0.25) is 0 Å². The summed E-state index contributed by atoms with van der Waals surface area (Å²) in [5, 5.41) is 11.0. The summed E-state index contributed by atoms with van der Waals surface area (Å²) in [6.45, 7) is 1.27. The van der Waals surface area contributed by atoms with Gasteiger partial charge in [-0.15, -0.1) is 0 Å². The van der Waals surface area contributed by atoms with Crippen molar-refractivity contribution < 1.29 is 23.7 Å². The summed E-state index contributed by atoms with van der Waals surface area (Å²) in [7, 11) is 0. The van der Waals surface area contributed by atoms with Crippen LogP contribution in [0.15, 0.2) is 47.3 Å². The largest absolute Gasteiger partial charge is 0.477 e. The average molecular weight is 359 g/mol. The van der Waals surface area contributed by atoms with Crippen molar-refractivity contribution in [2.75, 3.05) is 32.8 Å². The third-order valence-electron chi connectivity index (χ3n) is 4.10. The number of hydrogen-bond acceptors (Lipinski definition) is 6. The van der Waals surface area contributed by atoms with Crippen LogP contribution < -0.4 is 4.74 Å². The van der Waals surface area contributed by atoms with E-state index in [1.54, 1.807) is 21.9 Å². The monoisotopic (exact) mass is 359 g/mol. The van der Waals surface area contributed by atoms with E-state index >= 15 is 0 Å². The van der Waals surface area contributed by atoms with Crippen LogP contribution in [0.25, 0.3) is 0 Å². The van der Waals surface area contributed by atoms with Gasteiger partial charge in [-0.3, -0.25) is 19.7 Å². The van der Waals surface area contributed by atoms with Crippen LogP contribution in [0, 0.1) is 10.1 Å². The van der Waals surface area contributed by atoms with Gasteiger partial charge in [0.15, 0.2) is 12.4 Å². The van der Waals surface area contributed by atoms with E-state index in [0.717, 1.165) is 0 Å². The lowest BCUT2D eigenvalue weighted by atomic mass is 10.2. The van der Waals surface area contributed by atoms with Gasteiger partial charge in [0.1, 0.15) is 6.26 Å². The second-order valence-electron chi connectivity index (χ2n) is 5.70. The number of rotatable bonds is 5. The molecule has 1 aliphatic heterocycles. The van der Waals surface area contributed by atoms with Crippen LogP contribution in [0.3, 0.4) is 0 Å². The summed E-state index contributed by atoms with van der Waals surface area (Å²) >= 11 is 0. The van der Waals surface area contributed by atoms with Gasteiger partial charge in [-0.25, -0.2) is 0 Å². The first kappa shape index (κ1) is 17.5. The van der Waals surface area contributed by atoms with Crippen LogP contribution in [0.4, 0.5) is 5.69 Å². The number of benzene rings is 1. The Bertz CT molecular complexity index is 797. The molecule has 0 atom stereocenters. The third kappa shape index (κ3) is 3.82. The zero-order chi connectivity index (χ0) is 18.5. The summed E-state index contributed by atoms with van der Waals surface area (Å²) in [5.74, 6) is -0.361. The highest BCUT2D eigenvalue weighted by molar-refractivity contribution is 5.94. The van der Waals surface area contributed by atoms with Crippen molar-refractivity contribution >= 4 is 17.5 Å². The van der Waals surface area contributed by atoms with Gasteiger partial charge in [0.05, 0.1) is 16.7 Å². The Labute approximate surface area is 148 Å². The van der Waals surface area contributed by atoms with E-state index in [1.807, 2.05) is 0 Å². The fraction of sp³-hybridized carbons (Fsp3) is 0.294. The van der Waals surface area contributed by atoms with Crippen molar-refractivity contribution in [2.24, 2.45) is 0 Å². The summed E-state index contributed by atoms with van der Waals surface area (Å²) in [4.78, 5) is 38.1. The van der Waals surface area contributed by atoms with E-state index < -0.39 is 4.92 Å². The smallest absolute Gasteiger partial charge is 0.310 e. The van der Waals surface area contributed by atoms with Crippen molar-refractivity contribution in [1.29, 1.82) is 0 Å². The second kappa shape index (κ2) is 7.68.